The Bertz CT molecular complexity index is 989. The van der Waals surface area contributed by atoms with E-state index in [1.54, 1.807) is 17.9 Å². The van der Waals surface area contributed by atoms with Crippen LogP contribution in [0.25, 0.3) is 27.4 Å². The van der Waals surface area contributed by atoms with Crippen LogP contribution in [0.5, 0.6) is 11.6 Å². The standard InChI is InChI=1S/C18H14N2O2/c1-22-17-6-2-5-14-15(17)11-20(18(14)21)13-7-8-16-12(10-13)4-3-9-19-16/h2-11,21H,1H3. The second-order valence-corrected chi connectivity index (χ2v) is 5.12. The molecule has 22 heavy (non-hydrogen) atoms. The first-order chi connectivity index (χ1) is 10.8. The second kappa shape index (κ2) is 4.77. The molecule has 0 radical (unpaired) electrons. The van der Waals surface area contributed by atoms with E-state index in [1.807, 2.05) is 54.7 Å². The minimum absolute atomic E-state index is 0.206. The Kier molecular flexibility index (Phi) is 2.76. The molecule has 4 aromatic rings. The molecule has 2 aromatic carbocycles. The summed E-state index contributed by atoms with van der Waals surface area (Å²) in [5.74, 6) is 0.950. The molecule has 0 atom stereocenters. The molecule has 0 fully saturated rings. The van der Waals surface area contributed by atoms with Crippen LogP contribution < -0.4 is 4.74 Å². The van der Waals surface area contributed by atoms with E-state index in [1.165, 1.54) is 0 Å². The molecule has 0 saturated heterocycles. The van der Waals surface area contributed by atoms with Crippen molar-refractivity contribution in [2.24, 2.45) is 0 Å². The fourth-order valence-corrected chi connectivity index (χ4v) is 2.78. The van der Waals surface area contributed by atoms with Gasteiger partial charge in [-0.05, 0) is 36.4 Å². The highest BCUT2D eigenvalue weighted by molar-refractivity contribution is 5.94. The quantitative estimate of drug-likeness (QED) is 0.609. The maximum atomic E-state index is 10.5. The van der Waals surface area contributed by atoms with E-state index in [-0.39, 0.29) is 5.88 Å². The molecule has 0 aliphatic carbocycles. The zero-order chi connectivity index (χ0) is 15.1. The summed E-state index contributed by atoms with van der Waals surface area (Å²) < 4.78 is 7.13. The molecule has 1 N–H and O–H groups in total. The number of fused-ring (bicyclic) bond motifs is 2. The molecule has 0 bridgehead atoms. The van der Waals surface area contributed by atoms with Crippen LogP contribution in [0.2, 0.25) is 0 Å². The first-order valence-electron chi connectivity index (χ1n) is 7.00. The lowest BCUT2D eigenvalue weighted by Gasteiger charge is -2.06. The van der Waals surface area contributed by atoms with Crippen molar-refractivity contribution in [2.75, 3.05) is 7.11 Å². The highest BCUT2D eigenvalue weighted by atomic mass is 16.5. The molecular weight excluding hydrogens is 276 g/mol. The number of hydrogen-bond acceptors (Lipinski definition) is 3. The molecule has 0 unspecified atom stereocenters. The van der Waals surface area contributed by atoms with Crippen LogP contribution in [0.3, 0.4) is 0 Å². The van der Waals surface area contributed by atoms with Crippen molar-refractivity contribution in [3.8, 4) is 17.3 Å². The SMILES string of the molecule is COc1cccc2c(O)n(-c3ccc4ncccc4c3)cc12. The van der Waals surface area contributed by atoms with Crippen LogP contribution >= 0.6 is 0 Å². The van der Waals surface area contributed by atoms with Crippen LogP contribution in [-0.4, -0.2) is 21.8 Å². The number of aromatic nitrogens is 2. The highest BCUT2D eigenvalue weighted by Gasteiger charge is 2.13. The van der Waals surface area contributed by atoms with Crippen molar-refractivity contribution >= 4 is 21.7 Å². The fraction of sp³-hybridized carbons (Fsp3) is 0.0556. The zero-order valence-electron chi connectivity index (χ0n) is 12.0. The molecule has 4 heteroatoms. The van der Waals surface area contributed by atoms with Crippen LogP contribution in [0.4, 0.5) is 0 Å². The first kappa shape index (κ1) is 12.7. The summed E-state index contributed by atoms with van der Waals surface area (Å²) in [7, 11) is 1.63. The third-order valence-corrected chi connectivity index (χ3v) is 3.88. The van der Waals surface area contributed by atoms with Crippen LogP contribution in [0.15, 0.2) is 60.9 Å². The average Bonchev–Trinajstić information content (AvgIpc) is 2.91. The van der Waals surface area contributed by atoms with Gasteiger partial charge in [-0.1, -0.05) is 12.1 Å². The van der Waals surface area contributed by atoms with Crippen molar-refractivity contribution < 1.29 is 9.84 Å². The van der Waals surface area contributed by atoms with Crippen molar-refractivity contribution in [2.45, 2.75) is 0 Å². The minimum atomic E-state index is 0.206. The van der Waals surface area contributed by atoms with Gasteiger partial charge in [-0.3, -0.25) is 9.55 Å². The van der Waals surface area contributed by atoms with E-state index >= 15 is 0 Å². The molecule has 0 aliphatic rings. The maximum absolute atomic E-state index is 10.5. The van der Waals surface area contributed by atoms with Gasteiger partial charge < -0.3 is 9.84 Å². The summed E-state index contributed by atoms with van der Waals surface area (Å²) >= 11 is 0. The van der Waals surface area contributed by atoms with Gasteiger partial charge >= 0.3 is 0 Å². The van der Waals surface area contributed by atoms with Crippen molar-refractivity contribution in [1.29, 1.82) is 0 Å². The summed E-state index contributed by atoms with van der Waals surface area (Å²) in [4.78, 5) is 4.32. The second-order valence-electron chi connectivity index (χ2n) is 5.12. The molecule has 108 valence electrons. The Balaban J connectivity index is 1.97. The van der Waals surface area contributed by atoms with Gasteiger partial charge in [-0.15, -0.1) is 0 Å². The number of rotatable bonds is 2. The third-order valence-electron chi connectivity index (χ3n) is 3.88. The molecule has 2 aromatic heterocycles. The average molecular weight is 290 g/mol. The number of methoxy groups -OCH3 is 1. The van der Waals surface area contributed by atoms with Crippen molar-refractivity contribution in [3.63, 3.8) is 0 Å². The van der Waals surface area contributed by atoms with E-state index in [9.17, 15) is 5.11 Å². The molecule has 0 aliphatic heterocycles. The largest absolute Gasteiger partial charge is 0.496 e. The van der Waals surface area contributed by atoms with Crippen LogP contribution in [0, 0.1) is 0 Å². The van der Waals surface area contributed by atoms with Gasteiger partial charge in [0.05, 0.1) is 12.6 Å². The number of benzene rings is 2. The molecule has 0 spiro atoms. The Morgan fingerprint density at radius 3 is 2.82 bits per heavy atom. The normalized spacial score (nSPS) is 11.1. The highest BCUT2D eigenvalue weighted by Crippen LogP contribution is 2.35. The topological polar surface area (TPSA) is 47.3 Å². The van der Waals surface area contributed by atoms with E-state index in [0.29, 0.717) is 0 Å². The summed E-state index contributed by atoms with van der Waals surface area (Å²) in [6.07, 6.45) is 3.66. The van der Waals surface area contributed by atoms with Gasteiger partial charge in [0, 0.05) is 34.2 Å². The lowest BCUT2D eigenvalue weighted by atomic mass is 10.2. The lowest BCUT2D eigenvalue weighted by molar-refractivity contribution is 0.420. The molecule has 0 saturated carbocycles. The number of aromatic hydroxyl groups is 1. The lowest BCUT2D eigenvalue weighted by Crippen LogP contribution is -1.91. The van der Waals surface area contributed by atoms with E-state index in [4.69, 9.17) is 4.74 Å². The summed E-state index contributed by atoms with van der Waals surface area (Å²) in [6, 6.07) is 15.5. The third kappa shape index (κ3) is 1.81. The monoisotopic (exact) mass is 290 g/mol. The number of ether oxygens (including phenoxy) is 1. The maximum Gasteiger partial charge on any atom is 0.203 e. The number of hydrogen-bond donors (Lipinski definition) is 1. The first-order valence-corrected chi connectivity index (χ1v) is 7.00. The van der Waals surface area contributed by atoms with Gasteiger partial charge in [-0.2, -0.15) is 0 Å². The Morgan fingerprint density at radius 1 is 1.05 bits per heavy atom. The van der Waals surface area contributed by atoms with Gasteiger partial charge in [0.25, 0.3) is 0 Å². The van der Waals surface area contributed by atoms with E-state index < -0.39 is 0 Å². The van der Waals surface area contributed by atoms with Gasteiger partial charge in [0.1, 0.15) is 5.75 Å². The fourth-order valence-electron chi connectivity index (χ4n) is 2.78. The Labute approximate surface area is 127 Å². The van der Waals surface area contributed by atoms with Gasteiger partial charge in [0.15, 0.2) is 0 Å². The van der Waals surface area contributed by atoms with Gasteiger partial charge in [-0.25, -0.2) is 0 Å². The van der Waals surface area contributed by atoms with Crippen molar-refractivity contribution in [3.05, 3.63) is 60.9 Å². The molecule has 4 rings (SSSR count). The summed E-state index contributed by atoms with van der Waals surface area (Å²) in [6.45, 7) is 0. The van der Waals surface area contributed by atoms with E-state index in [0.717, 1.165) is 33.1 Å². The zero-order valence-corrected chi connectivity index (χ0v) is 12.0. The summed E-state index contributed by atoms with van der Waals surface area (Å²) in [5.41, 5.74) is 1.82. The predicted octanol–water partition coefficient (Wildman–Crippen LogP) is 3.89. The smallest absolute Gasteiger partial charge is 0.203 e. The number of pyridine rings is 1. The Hall–Kier alpha value is -3.01. The minimum Gasteiger partial charge on any atom is -0.496 e. The predicted molar refractivity (Wildman–Crippen MR) is 86.8 cm³/mol. The van der Waals surface area contributed by atoms with E-state index in [2.05, 4.69) is 4.98 Å². The molecule has 2 heterocycles. The molecule has 0 amide bonds. The van der Waals surface area contributed by atoms with Gasteiger partial charge in [0.2, 0.25) is 5.88 Å². The van der Waals surface area contributed by atoms with Crippen LogP contribution in [-0.2, 0) is 0 Å². The number of nitrogens with zero attached hydrogens (tertiary/aromatic N) is 2. The summed E-state index contributed by atoms with van der Waals surface area (Å²) in [5, 5.41) is 13.2. The van der Waals surface area contributed by atoms with Crippen LogP contribution in [0.1, 0.15) is 0 Å². The molecule has 4 nitrogen and oxygen atoms in total. The Morgan fingerprint density at radius 2 is 1.95 bits per heavy atom. The molecular formula is C18H14N2O2. The van der Waals surface area contributed by atoms with Crippen molar-refractivity contribution in [1.82, 2.24) is 9.55 Å².